The van der Waals surface area contributed by atoms with E-state index in [4.69, 9.17) is 0 Å². The molecule has 0 saturated carbocycles. The maximum atomic E-state index is 12.2. The molecule has 92 valence electrons. The molecule has 0 spiro atoms. The van der Waals surface area contributed by atoms with Gasteiger partial charge in [0.15, 0.2) is 0 Å². The van der Waals surface area contributed by atoms with Gasteiger partial charge in [0.2, 0.25) is 5.82 Å². The Morgan fingerprint density at radius 2 is 2.11 bits per heavy atom. The average Bonchev–Trinajstić information content (AvgIpc) is 2.84. The van der Waals surface area contributed by atoms with Gasteiger partial charge in [0.25, 0.3) is 5.91 Å². The summed E-state index contributed by atoms with van der Waals surface area (Å²) < 4.78 is 0. The molecule has 0 saturated heterocycles. The Hall–Kier alpha value is -2.17. The molecule has 0 bridgehead atoms. The van der Waals surface area contributed by atoms with Crippen molar-refractivity contribution in [3.05, 3.63) is 47.0 Å². The summed E-state index contributed by atoms with van der Waals surface area (Å²) in [5, 5.41) is 6.62. The van der Waals surface area contributed by atoms with E-state index in [-0.39, 0.29) is 11.7 Å². The summed E-state index contributed by atoms with van der Waals surface area (Å²) in [6, 6.07) is 8.23. The Kier molecular flexibility index (Phi) is 2.59. The first-order valence-electron chi connectivity index (χ1n) is 5.99. The first kappa shape index (κ1) is 11.0. The maximum Gasteiger partial charge on any atom is 0.293 e. The Balaban J connectivity index is 1.82. The summed E-state index contributed by atoms with van der Waals surface area (Å²) in [4.78, 5) is 18.1. The van der Waals surface area contributed by atoms with E-state index in [1.54, 1.807) is 11.8 Å². The molecule has 1 aliphatic rings. The van der Waals surface area contributed by atoms with Crippen molar-refractivity contribution in [2.45, 2.75) is 19.9 Å². The monoisotopic (exact) mass is 242 g/mol. The Labute approximate surface area is 105 Å². The van der Waals surface area contributed by atoms with Crippen LogP contribution >= 0.6 is 0 Å². The number of aryl methyl sites for hydroxylation is 1. The molecule has 1 aliphatic heterocycles. The van der Waals surface area contributed by atoms with E-state index in [2.05, 4.69) is 27.3 Å². The van der Waals surface area contributed by atoms with Crippen LogP contribution < -0.4 is 0 Å². The predicted molar refractivity (Wildman–Crippen MR) is 66.0 cm³/mol. The molecular formula is C13H14N4O. The number of hydrogen-bond donors (Lipinski definition) is 1. The quantitative estimate of drug-likeness (QED) is 0.820. The summed E-state index contributed by atoms with van der Waals surface area (Å²) in [6.45, 7) is 3.15. The molecule has 3 rings (SSSR count). The second kappa shape index (κ2) is 4.25. The van der Waals surface area contributed by atoms with Crippen LogP contribution in [0.15, 0.2) is 24.3 Å². The zero-order valence-electron chi connectivity index (χ0n) is 10.2. The first-order valence-corrected chi connectivity index (χ1v) is 5.99. The fraction of sp³-hybridized carbons (Fsp3) is 0.308. The van der Waals surface area contributed by atoms with Gasteiger partial charge >= 0.3 is 0 Å². The van der Waals surface area contributed by atoms with Crippen molar-refractivity contribution < 1.29 is 4.79 Å². The van der Waals surface area contributed by atoms with Crippen LogP contribution in [0.4, 0.5) is 0 Å². The van der Waals surface area contributed by atoms with Crippen LogP contribution in [0.2, 0.25) is 0 Å². The van der Waals surface area contributed by atoms with Gasteiger partial charge in [-0.25, -0.2) is 4.98 Å². The Morgan fingerprint density at radius 3 is 2.83 bits per heavy atom. The van der Waals surface area contributed by atoms with Crippen LogP contribution in [0.25, 0.3) is 0 Å². The third-order valence-corrected chi connectivity index (χ3v) is 3.21. The fourth-order valence-corrected chi connectivity index (χ4v) is 2.25. The van der Waals surface area contributed by atoms with E-state index in [1.165, 1.54) is 11.1 Å². The number of hydrogen-bond acceptors (Lipinski definition) is 3. The first-order chi connectivity index (χ1) is 8.74. The molecule has 0 unspecified atom stereocenters. The van der Waals surface area contributed by atoms with Crippen LogP contribution in [0.1, 0.15) is 27.6 Å². The highest BCUT2D eigenvalue weighted by Gasteiger charge is 2.23. The van der Waals surface area contributed by atoms with Crippen LogP contribution in [-0.4, -0.2) is 32.5 Å². The van der Waals surface area contributed by atoms with Crippen molar-refractivity contribution in [1.82, 2.24) is 20.1 Å². The molecule has 0 fully saturated rings. The number of carbonyl (C=O) groups is 1. The highest BCUT2D eigenvalue weighted by molar-refractivity contribution is 5.90. The number of fused-ring (bicyclic) bond motifs is 1. The molecule has 2 aromatic rings. The van der Waals surface area contributed by atoms with Crippen molar-refractivity contribution in [3.8, 4) is 0 Å². The fourth-order valence-electron chi connectivity index (χ4n) is 2.25. The van der Waals surface area contributed by atoms with E-state index in [9.17, 15) is 4.79 Å². The minimum atomic E-state index is -0.103. The summed E-state index contributed by atoms with van der Waals surface area (Å²) in [7, 11) is 0. The molecule has 1 aromatic carbocycles. The molecule has 18 heavy (non-hydrogen) atoms. The largest absolute Gasteiger partial charge is 0.331 e. The highest BCUT2D eigenvalue weighted by atomic mass is 16.2. The standard InChI is InChI=1S/C13H14N4O/c1-9-14-12(16-15-9)13(18)17-7-6-10-4-2-3-5-11(10)8-17/h2-5H,6-8H2,1H3,(H,14,15,16). The third kappa shape index (κ3) is 1.88. The zero-order valence-corrected chi connectivity index (χ0v) is 10.2. The lowest BCUT2D eigenvalue weighted by molar-refractivity contribution is 0.0722. The molecule has 2 heterocycles. The summed E-state index contributed by atoms with van der Waals surface area (Å²) in [5.41, 5.74) is 2.54. The van der Waals surface area contributed by atoms with E-state index in [0.717, 1.165) is 13.0 Å². The molecule has 0 radical (unpaired) electrons. The van der Waals surface area contributed by atoms with Gasteiger partial charge in [-0.15, -0.1) is 5.10 Å². The topological polar surface area (TPSA) is 61.9 Å². The molecule has 5 heteroatoms. The van der Waals surface area contributed by atoms with Gasteiger partial charge in [0.05, 0.1) is 0 Å². The van der Waals surface area contributed by atoms with Gasteiger partial charge in [-0.3, -0.25) is 9.89 Å². The Morgan fingerprint density at radius 1 is 1.33 bits per heavy atom. The van der Waals surface area contributed by atoms with E-state index >= 15 is 0 Å². The molecular weight excluding hydrogens is 228 g/mol. The summed E-state index contributed by atoms with van der Waals surface area (Å²) in [5.74, 6) is 0.816. The van der Waals surface area contributed by atoms with E-state index in [1.807, 2.05) is 12.1 Å². The SMILES string of the molecule is Cc1nc(C(=O)N2CCc3ccccc3C2)n[nH]1. The van der Waals surface area contributed by atoms with Gasteiger partial charge in [-0.2, -0.15) is 0 Å². The number of aromatic amines is 1. The number of carbonyl (C=O) groups excluding carboxylic acids is 1. The number of nitrogens with one attached hydrogen (secondary N) is 1. The second-order valence-electron chi connectivity index (χ2n) is 4.49. The van der Waals surface area contributed by atoms with Gasteiger partial charge in [0, 0.05) is 13.1 Å². The second-order valence-corrected chi connectivity index (χ2v) is 4.49. The third-order valence-electron chi connectivity index (χ3n) is 3.21. The number of benzene rings is 1. The molecule has 0 aliphatic carbocycles. The van der Waals surface area contributed by atoms with Crippen molar-refractivity contribution in [3.63, 3.8) is 0 Å². The molecule has 1 N–H and O–H groups in total. The van der Waals surface area contributed by atoms with Crippen LogP contribution in [0, 0.1) is 6.92 Å². The molecule has 1 aromatic heterocycles. The van der Waals surface area contributed by atoms with Crippen molar-refractivity contribution in [1.29, 1.82) is 0 Å². The normalized spacial score (nSPS) is 14.4. The minimum Gasteiger partial charge on any atom is -0.331 e. The number of aromatic nitrogens is 3. The van der Waals surface area contributed by atoms with E-state index < -0.39 is 0 Å². The molecule has 0 atom stereocenters. The summed E-state index contributed by atoms with van der Waals surface area (Å²) in [6.07, 6.45) is 0.894. The number of H-pyrrole nitrogens is 1. The van der Waals surface area contributed by atoms with Crippen molar-refractivity contribution in [2.75, 3.05) is 6.54 Å². The van der Waals surface area contributed by atoms with Crippen LogP contribution in [-0.2, 0) is 13.0 Å². The van der Waals surface area contributed by atoms with Crippen LogP contribution in [0.3, 0.4) is 0 Å². The van der Waals surface area contributed by atoms with Gasteiger partial charge in [-0.1, -0.05) is 24.3 Å². The van der Waals surface area contributed by atoms with Gasteiger partial charge in [0.1, 0.15) is 5.82 Å². The Bertz CT molecular complexity index is 590. The number of amides is 1. The van der Waals surface area contributed by atoms with Gasteiger partial charge < -0.3 is 4.90 Å². The lowest BCUT2D eigenvalue weighted by Gasteiger charge is -2.27. The minimum absolute atomic E-state index is 0.103. The van der Waals surface area contributed by atoms with Crippen molar-refractivity contribution in [2.24, 2.45) is 0 Å². The van der Waals surface area contributed by atoms with Crippen molar-refractivity contribution >= 4 is 5.91 Å². The predicted octanol–water partition coefficient (Wildman–Crippen LogP) is 1.31. The lowest BCUT2D eigenvalue weighted by Crippen LogP contribution is -2.36. The smallest absolute Gasteiger partial charge is 0.293 e. The molecule has 1 amide bonds. The number of rotatable bonds is 1. The average molecular weight is 242 g/mol. The lowest BCUT2D eigenvalue weighted by atomic mass is 10.00. The van der Waals surface area contributed by atoms with Crippen LogP contribution in [0.5, 0.6) is 0 Å². The summed E-state index contributed by atoms with van der Waals surface area (Å²) >= 11 is 0. The number of nitrogens with zero attached hydrogens (tertiary/aromatic N) is 3. The maximum absolute atomic E-state index is 12.2. The molecule has 5 nitrogen and oxygen atoms in total. The highest BCUT2D eigenvalue weighted by Crippen LogP contribution is 2.19. The van der Waals surface area contributed by atoms with Gasteiger partial charge in [-0.05, 0) is 24.5 Å². The van der Waals surface area contributed by atoms with E-state index in [0.29, 0.717) is 12.4 Å². The zero-order chi connectivity index (χ0) is 12.5.